The van der Waals surface area contributed by atoms with Gasteiger partial charge in [0.15, 0.2) is 0 Å². The van der Waals surface area contributed by atoms with Gasteiger partial charge in [0.25, 0.3) is 0 Å². The van der Waals surface area contributed by atoms with E-state index in [2.05, 4.69) is 15.9 Å². The first-order chi connectivity index (χ1) is 11.8. The van der Waals surface area contributed by atoms with E-state index in [0.29, 0.717) is 34.0 Å². The second-order valence-electron chi connectivity index (χ2n) is 5.98. The lowest BCUT2D eigenvalue weighted by Gasteiger charge is -2.26. The summed E-state index contributed by atoms with van der Waals surface area (Å²) in [6.07, 6.45) is -2.34. The molecule has 2 heterocycles. The molecule has 0 aliphatic carbocycles. The normalized spacial score (nSPS) is 18.8. The van der Waals surface area contributed by atoms with Gasteiger partial charge in [-0.15, -0.1) is 0 Å². The zero-order chi connectivity index (χ0) is 18.2. The molecule has 4 nitrogen and oxygen atoms in total. The fourth-order valence-corrected chi connectivity index (χ4v) is 3.77. The quantitative estimate of drug-likeness (QED) is 0.661. The van der Waals surface area contributed by atoms with Crippen LogP contribution in [0.5, 0.6) is 0 Å². The SMILES string of the molecule is CCOC(=O)c1coc2c(CN3CCC[C@H]3C(F)(F)F)cc(Br)cc12. The van der Waals surface area contributed by atoms with E-state index in [0.717, 1.165) is 0 Å². The van der Waals surface area contributed by atoms with Crippen molar-refractivity contribution in [3.8, 4) is 0 Å². The van der Waals surface area contributed by atoms with E-state index in [1.54, 1.807) is 19.1 Å². The first-order valence-electron chi connectivity index (χ1n) is 7.98. The third-order valence-corrected chi connectivity index (χ3v) is 4.78. The minimum Gasteiger partial charge on any atom is -0.463 e. The van der Waals surface area contributed by atoms with Crippen LogP contribution in [0.25, 0.3) is 11.0 Å². The zero-order valence-corrected chi connectivity index (χ0v) is 15.1. The number of halogens is 4. The first-order valence-corrected chi connectivity index (χ1v) is 8.78. The van der Waals surface area contributed by atoms with Crippen molar-refractivity contribution in [3.05, 3.63) is 34.0 Å². The summed E-state index contributed by atoms with van der Waals surface area (Å²) in [6, 6.07) is 1.99. The van der Waals surface area contributed by atoms with Crippen LogP contribution in [0.15, 0.2) is 27.3 Å². The van der Waals surface area contributed by atoms with Gasteiger partial charge in [0, 0.05) is 22.0 Å². The lowest BCUT2D eigenvalue weighted by Crippen LogP contribution is -2.40. The first kappa shape index (κ1) is 18.3. The van der Waals surface area contributed by atoms with E-state index in [-0.39, 0.29) is 25.1 Å². The molecule has 0 spiro atoms. The Kier molecular flexibility index (Phi) is 5.11. The van der Waals surface area contributed by atoms with E-state index in [4.69, 9.17) is 9.15 Å². The largest absolute Gasteiger partial charge is 0.463 e. The van der Waals surface area contributed by atoms with Crippen LogP contribution in [0.3, 0.4) is 0 Å². The molecule has 1 aromatic carbocycles. The summed E-state index contributed by atoms with van der Waals surface area (Å²) in [5.74, 6) is -0.514. The molecule has 1 aromatic heterocycles. The van der Waals surface area contributed by atoms with Crippen molar-refractivity contribution < 1.29 is 27.1 Å². The third kappa shape index (κ3) is 3.69. The number of furan rings is 1. The van der Waals surface area contributed by atoms with Crippen molar-refractivity contribution in [2.75, 3.05) is 13.2 Å². The molecule has 0 bridgehead atoms. The highest BCUT2D eigenvalue weighted by Gasteiger charge is 2.45. The number of carbonyl (C=O) groups is 1. The van der Waals surface area contributed by atoms with Crippen LogP contribution < -0.4 is 0 Å². The Balaban J connectivity index is 1.96. The summed E-state index contributed by atoms with van der Waals surface area (Å²) in [7, 11) is 0. The van der Waals surface area contributed by atoms with Crippen LogP contribution >= 0.6 is 15.9 Å². The topological polar surface area (TPSA) is 42.7 Å². The monoisotopic (exact) mass is 419 g/mol. The smallest absolute Gasteiger partial charge is 0.404 e. The number of nitrogens with zero attached hydrogens (tertiary/aromatic N) is 1. The van der Waals surface area contributed by atoms with Crippen molar-refractivity contribution in [2.45, 2.75) is 38.5 Å². The van der Waals surface area contributed by atoms with E-state index in [9.17, 15) is 18.0 Å². The summed E-state index contributed by atoms with van der Waals surface area (Å²) in [5, 5.41) is 0.533. The van der Waals surface area contributed by atoms with Gasteiger partial charge in [0.1, 0.15) is 23.5 Å². The summed E-state index contributed by atoms with van der Waals surface area (Å²) >= 11 is 3.36. The molecule has 0 unspecified atom stereocenters. The second-order valence-corrected chi connectivity index (χ2v) is 6.90. The Labute approximate surface area is 151 Å². The Hall–Kier alpha value is -1.54. The molecule has 3 rings (SSSR count). The molecule has 1 aliphatic rings. The maximum Gasteiger partial charge on any atom is 0.404 e. The zero-order valence-electron chi connectivity index (χ0n) is 13.5. The highest BCUT2D eigenvalue weighted by molar-refractivity contribution is 9.10. The number of rotatable bonds is 4. The Bertz CT molecular complexity index is 787. The minimum absolute atomic E-state index is 0.104. The number of alkyl halides is 3. The molecule has 1 atom stereocenters. The summed E-state index contributed by atoms with van der Waals surface area (Å²) in [5.41, 5.74) is 1.29. The van der Waals surface area contributed by atoms with Gasteiger partial charge >= 0.3 is 12.1 Å². The van der Waals surface area contributed by atoms with Gasteiger partial charge in [0.05, 0.1) is 6.61 Å². The number of carbonyl (C=O) groups excluding carboxylic acids is 1. The Morgan fingerprint density at radius 3 is 2.88 bits per heavy atom. The predicted octanol–water partition coefficient (Wildman–Crippen LogP) is 4.90. The van der Waals surface area contributed by atoms with E-state index in [1.807, 2.05) is 0 Å². The average molecular weight is 420 g/mol. The number of esters is 1. The molecule has 0 N–H and O–H groups in total. The highest BCUT2D eigenvalue weighted by atomic mass is 79.9. The number of benzene rings is 1. The molecule has 1 fully saturated rings. The van der Waals surface area contributed by atoms with Crippen molar-refractivity contribution in [2.24, 2.45) is 0 Å². The number of fused-ring (bicyclic) bond motifs is 1. The molecular weight excluding hydrogens is 403 g/mol. The van der Waals surface area contributed by atoms with Crippen LogP contribution in [0.1, 0.15) is 35.7 Å². The van der Waals surface area contributed by atoms with Crippen LogP contribution in [0.4, 0.5) is 13.2 Å². The van der Waals surface area contributed by atoms with Crippen LogP contribution in [0, 0.1) is 0 Å². The molecule has 2 aromatic rings. The molecule has 0 radical (unpaired) electrons. The highest BCUT2D eigenvalue weighted by Crippen LogP contribution is 2.36. The Morgan fingerprint density at radius 1 is 1.44 bits per heavy atom. The molecule has 25 heavy (non-hydrogen) atoms. The van der Waals surface area contributed by atoms with E-state index < -0.39 is 18.2 Å². The maximum atomic E-state index is 13.2. The number of ether oxygens (including phenoxy) is 1. The van der Waals surface area contributed by atoms with Crippen molar-refractivity contribution >= 4 is 32.9 Å². The van der Waals surface area contributed by atoms with Gasteiger partial charge < -0.3 is 9.15 Å². The van der Waals surface area contributed by atoms with E-state index >= 15 is 0 Å². The maximum absolute atomic E-state index is 13.2. The summed E-state index contributed by atoms with van der Waals surface area (Å²) < 4.78 is 50.7. The fourth-order valence-electron chi connectivity index (χ4n) is 3.26. The fraction of sp³-hybridized carbons (Fsp3) is 0.471. The number of hydrogen-bond acceptors (Lipinski definition) is 4. The second kappa shape index (κ2) is 6.99. The average Bonchev–Trinajstić information content (AvgIpc) is 3.13. The van der Waals surface area contributed by atoms with Gasteiger partial charge in [-0.25, -0.2) is 4.79 Å². The van der Waals surface area contributed by atoms with Crippen LogP contribution in [-0.4, -0.2) is 36.2 Å². The van der Waals surface area contributed by atoms with Gasteiger partial charge in [-0.05, 0) is 38.4 Å². The molecule has 8 heteroatoms. The molecule has 0 amide bonds. The van der Waals surface area contributed by atoms with E-state index in [1.165, 1.54) is 11.2 Å². The molecule has 1 saturated heterocycles. The van der Waals surface area contributed by atoms with Gasteiger partial charge in [-0.1, -0.05) is 15.9 Å². The molecular formula is C17H17BrF3NO3. The lowest BCUT2D eigenvalue weighted by molar-refractivity contribution is -0.177. The van der Waals surface area contributed by atoms with Gasteiger partial charge in [0.2, 0.25) is 0 Å². The summed E-state index contributed by atoms with van der Waals surface area (Å²) in [4.78, 5) is 13.4. The third-order valence-electron chi connectivity index (χ3n) is 4.33. The van der Waals surface area contributed by atoms with Crippen LogP contribution in [0.2, 0.25) is 0 Å². The lowest BCUT2D eigenvalue weighted by atomic mass is 10.1. The summed E-state index contributed by atoms with van der Waals surface area (Å²) in [6.45, 7) is 2.42. The van der Waals surface area contributed by atoms with Crippen molar-refractivity contribution in [1.82, 2.24) is 4.90 Å². The van der Waals surface area contributed by atoms with Gasteiger partial charge in [-0.2, -0.15) is 13.2 Å². The van der Waals surface area contributed by atoms with Gasteiger partial charge in [-0.3, -0.25) is 4.90 Å². The number of hydrogen-bond donors (Lipinski definition) is 0. The molecule has 136 valence electrons. The van der Waals surface area contributed by atoms with Crippen molar-refractivity contribution in [3.63, 3.8) is 0 Å². The minimum atomic E-state index is -4.25. The van der Waals surface area contributed by atoms with Crippen molar-refractivity contribution in [1.29, 1.82) is 0 Å². The predicted molar refractivity (Wildman–Crippen MR) is 89.4 cm³/mol. The molecule has 1 aliphatic heterocycles. The standard InChI is InChI=1S/C17H17BrF3NO3/c1-2-24-16(23)13-9-25-15-10(6-11(18)7-12(13)15)8-22-5-3-4-14(22)17(19,20)21/h6-7,9,14H,2-5,8H2,1H3/t14-/m0/s1. The number of likely N-dealkylation sites (tertiary alicyclic amines) is 1. The molecule has 0 saturated carbocycles. The van der Waals surface area contributed by atoms with Crippen LogP contribution in [-0.2, 0) is 11.3 Å². The Morgan fingerprint density at radius 2 is 2.20 bits per heavy atom.